The summed E-state index contributed by atoms with van der Waals surface area (Å²) in [4.78, 5) is 15.0. The Kier molecular flexibility index (Phi) is 9.15. The number of methoxy groups -OCH3 is 3. The number of nitrogens with one attached hydrogen (secondary N) is 1. The van der Waals surface area contributed by atoms with E-state index in [0.29, 0.717) is 35.9 Å². The molecule has 0 radical (unpaired) electrons. The molecule has 3 aromatic rings. The van der Waals surface area contributed by atoms with Crippen LogP contribution in [-0.4, -0.2) is 59.9 Å². The van der Waals surface area contributed by atoms with Crippen LogP contribution in [0.15, 0.2) is 71.6 Å². The Balaban J connectivity index is 1.58. The maximum Gasteiger partial charge on any atom is 0.339 e. The largest absolute Gasteiger partial charge is 0.497 e. The van der Waals surface area contributed by atoms with Crippen LogP contribution in [-0.2, 0) is 21.4 Å². The average Bonchev–Trinajstić information content (AvgIpc) is 3.46. The lowest BCUT2D eigenvalue weighted by Gasteiger charge is -2.26. The molecule has 0 bridgehead atoms. The van der Waals surface area contributed by atoms with Crippen molar-refractivity contribution in [1.29, 1.82) is 0 Å². The first kappa shape index (κ1) is 28.1. The molecule has 1 fully saturated rings. The van der Waals surface area contributed by atoms with Crippen molar-refractivity contribution in [2.75, 3.05) is 39.8 Å². The number of nitrogens with zero attached hydrogens (tertiary/aromatic N) is 1. The molecule has 2 amide bonds. The lowest BCUT2D eigenvalue weighted by Crippen LogP contribution is -2.39. The molecule has 0 aliphatic carbocycles. The summed E-state index contributed by atoms with van der Waals surface area (Å²) >= 11 is 0. The fraction of sp³-hybridized carbons (Fsp3) is 0.321. The third-order valence-electron chi connectivity index (χ3n) is 6.23. The van der Waals surface area contributed by atoms with Crippen LogP contribution in [0.2, 0.25) is 0 Å². The van der Waals surface area contributed by atoms with E-state index in [-0.39, 0.29) is 35.1 Å². The van der Waals surface area contributed by atoms with E-state index in [9.17, 15) is 13.2 Å². The average molecular weight is 557 g/mol. The van der Waals surface area contributed by atoms with E-state index >= 15 is 0 Å². The number of hydrogen-bond acceptors (Lipinski definition) is 8. The number of urea groups is 1. The summed E-state index contributed by atoms with van der Waals surface area (Å²) < 4.78 is 53.0. The third-order valence-corrected chi connectivity index (χ3v) is 7.48. The van der Waals surface area contributed by atoms with Gasteiger partial charge in [-0.2, -0.15) is 8.42 Å². The Hall–Kier alpha value is -3.96. The fourth-order valence-corrected chi connectivity index (χ4v) is 5.14. The first-order valence-electron chi connectivity index (χ1n) is 12.4. The second-order valence-electron chi connectivity index (χ2n) is 8.84. The summed E-state index contributed by atoms with van der Waals surface area (Å²) in [6.45, 7) is 1.17. The van der Waals surface area contributed by atoms with Crippen molar-refractivity contribution in [3.63, 3.8) is 0 Å². The number of ether oxygens (including phenoxy) is 4. The number of benzene rings is 3. The van der Waals surface area contributed by atoms with Crippen LogP contribution in [0.3, 0.4) is 0 Å². The number of anilines is 1. The topological polar surface area (TPSA) is 113 Å². The molecule has 1 heterocycles. The first-order chi connectivity index (χ1) is 18.8. The van der Waals surface area contributed by atoms with Gasteiger partial charge in [0, 0.05) is 19.7 Å². The molecule has 1 aliphatic rings. The van der Waals surface area contributed by atoms with E-state index in [1.54, 1.807) is 41.3 Å². The van der Waals surface area contributed by atoms with Gasteiger partial charge in [-0.05, 0) is 66.9 Å². The Labute approximate surface area is 228 Å². The number of carbonyl (C=O) groups is 1. The summed E-state index contributed by atoms with van der Waals surface area (Å²) in [5, 5.41) is 2.91. The van der Waals surface area contributed by atoms with Crippen molar-refractivity contribution >= 4 is 21.8 Å². The van der Waals surface area contributed by atoms with Crippen molar-refractivity contribution in [1.82, 2.24) is 4.90 Å². The van der Waals surface area contributed by atoms with Gasteiger partial charge in [0.2, 0.25) is 0 Å². The highest BCUT2D eigenvalue weighted by Gasteiger charge is 2.25. The minimum absolute atomic E-state index is 0.00743. The maximum absolute atomic E-state index is 13.4. The monoisotopic (exact) mass is 556 g/mol. The smallest absolute Gasteiger partial charge is 0.339 e. The summed E-state index contributed by atoms with van der Waals surface area (Å²) in [5.74, 6) is 1.30. The summed E-state index contributed by atoms with van der Waals surface area (Å²) in [7, 11) is 0.292. The van der Waals surface area contributed by atoms with Crippen LogP contribution in [0.1, 0.15) is 18.4 Å². The predicted molar refractivity (Wildman–Crippen MR) is 145 cm³/mol. The molecule has 11 heteroatoms. The molecule has 1 N–H and O–H groups in total. The van der Waals surface area contributed by atoms with Crippen molar-refractivity contribution in [2.24, 2.45) is 0 Å². The highest BCUT2D eigenvalue weighted by atomic mass is 32.2. The number of para-hydroxylation sites is 2. The van der Waals surface area contributed by atoms with Gasteiger partial charge in [-0.1, -0.05) is 18.2 Å². The standard InChI is InChI=1S/C28H32N2O8S/c1-34-21-11-13-23(14-12-21)39(32,33)38-27-17-20(10-15-26(27)36-3)18-30(19-22-7-6-16-37-22)28(31)29-24-8-4-5-9-25(24)35-2/h4-5,8-15,17,22H,6-7,16,18-19H2,1-3H3,(H,29,31)/t22-/m0/s1. The lowest BCUT2D eigenvalue weighted by atomic mass is 10.1. The Morgan fingerprint density at radius 1 is 0.949 bits per heavy atom. The molecule has 0 unspecified atom stereocenters. The van der Waals surface area contributed by atoms with E-state index < -0.39 is 10.1 Å². The van der Waals surface area contributed by atoms with E-state index in [4.69, 9.17) is 23.1 Å². The lowest BCUT2D eigenvalue weighted by molar-refractivity contribution is 0.0819. The van der Waals surface area contributed by atoms with E-state index in [1.165, 1.54) is 45.6 Å². The summed E-state index contributed by atoms with van der Waals surface area (Å²) in [5.41, 5.74) is 1.18. The maximum atomic E-state index is 13.4. The third kappa shape index (κ3) is 7.12. The van der Waals surface area contributed by atoms with Crippen molar-refractivity contribution < 1.29 is 36.3 Å². The van der Waals surface area contributed by atoms with Crippen molar-refractivity contribution in [2.45, 2.75) is 30.4 Å². The highest BCUT2D eigenvalue weighted by Crippen LogP contribution is 2.32. The Morgan fingerprint density at radius 2 is 1.69 bits per heavy atom. The van der Waals surface area contributed by atoms with E-state index in [2.05, 4.69) is 5.32 Å². The quantitative estimate of drug-likeness (QED) is 0.339. The van der Waals surface area contributed by atoms with Gasteiger partial charge < -0.3 is 33.3 Å². The zero-order chi connectivity index (χ0) is 27.8. The van der Waals surface area contributed by atoms with Gasteiger partial charge in [0.05, 0.1) is 33.1 Å². The minimum Gasteiger partial charge on any atom is -0.497 e. The minimum atomic E-state index is -4.16. The van der Waals surface area contributed by atoms with Gasteiger partial charge in [-0.15, -0.1) is 0 Å². The number of carbonyl (C=O) groups excluding carboxylic acids is 1. The zero-order valence-corrected chi connectivity index (χ0v) is 22.9. The number of hydrogen-bond donors (Lipinski definition) is 1. The number of amides is 2. The Morgan fingerprint density at radius 3 is 2.36 bits per heavy atom. The number of rotatable bonds is 11. The van der Waals surface area contributed by atoms with Gasteiger partial charge >= 0.3 is 16.1 Å². The molecule has 0 spiro atoms. The molecule has 1 atom stereocenters. The van der Waals surface area contributed by atoms with Crippen LogP contribution >= 0.6 is 0 Å². The van der Waals surface area contributed by atoms with Crippen molar-refractivity contribution in [3.8, 4) is 23.0 Å². The Bertz CT molecular complexity index is 1370. The molecular weight excluding hydrogens is 524 g/mol. The molecule has 1 aliphatic heterocycles. The molecule has 1 saturated heterocycles. The first-order valence-corrected chi connectivity index (χ1v) is 13.8. The van der Waals surface area contributed by atoms with Crippen LogP contribution < -0.4 is 23.7 Å². The second kappa shape index (κ2) is 12.7. The summed E-state index contributed by atoms with van der Waals surface area (Å²) in [6.07, 6.45) is 1.67. The van der Waals surface area contributed by atoms with Crippen molar-refractivity contribution in [3.05, 3.63) is 72.3 Å². The fourth-order valence-electron chi connectivity index (χ4n) is 4.21. The van der Waals surface area contributed by atoms with Crippen LogP contribution in [0.25, 0.3) is 0 Å². The second-order valence-corrected chi connectivity index (χ2v) is 10.4. The SMILES string of the molecule is COc1ccc(S(=O)(=O)Oc2cc(CN(C[C@@H]3CCCO3)C(=O)Nc3ccccc3OC)ccc2OC)cc1. The molecule has 3 aromatic carbocycles. The van der Waals surface area contributed by atoms with Gasteiger partial charge in [-0.3, -0.25) is 0 Å². The van der Waals surface area contributed by atoms with Gasteiger partial charge in [0.25, 0.3) is 0 Å². The van der Waals surface area contributed by atoms with Crippen LogP contribution in [0.4, 0.5) is 10.5 Å². The van der Waals surface area contributed by atoms with Crippen LogP contribution in [0, 0.1) is 0 Å². The zero-order valence-electron chi connectivity index (χ0n) is 22.1. The van der Waals surface area contributed by atoms with E-state index in [1.807, 2.05) is 6.07 Å². The molecule has 0 aromatic heterocycles. The van der Waals surface area contributed by atoms with Gasteiger partial charge in [-0.25, -0.2) is 4.79 Å². The van der Waals surface area contributed by atoms with Gasteiger partial charge in [0.15, 0.2) is 11.5 Å². The summed E-state index contributed by atoms with van der Waals surface area (Å²) in [6, 6.07) is 17.6. The molecule has 10 nitrogen and oxygen atoms in total. The molecule has 208 valence electrons. The van der Waals surface area contributed by atoms with Crippen LogP contribution in [0.5, 0.6) is 23.0 Å². The molecule has 39 heavy (non-hydrogen) atoms. The molecule has 0 saturated carbocycles. The molecule has 4 rings (SSSR count). The predicted octanol–water partition coefficient (Wildman–Crippen LogP) is 4.69. The normalized spacial score (nSPS) is 14.9. The van der Waals surface area contributed by atoms with Gasteiger partial charge in [0.1, 0.15) is 16.4 Å². The molecular formula is C28H32N2O8S. The highest BCUT2D eigenvalue weighted by molar-refractivity contribution is 7.87. The van der Waals surface area contributed by atoms with E-state index in [0.717, 1.165) is 12.8 Å².